The summed E-state index contributed by atoms with van der Waals surface area (Å²) in [5, 5.41) is 8.92. The number of esters is 1. The Morgan fingerprint density at radius 1 is 1.09 bits per heavy atom. The number of hydrogen-bond donors (Lipinski definition) is 2. The number of alkyl halides is 6. The Hall–Kier alpha value is -1.08. The average Bonchev–Trinajstić information content (AvgIpc) is 2.22. The van der Waals surface area contributed by atoms with Crippen molar-refractivity contribution >= 4 is 16.1 Å². The maximum Gasteiger partial charge on any atom is 0.426 e. The van der Waals surface area contributed by atoms with Crippen molar-refractivity contribution < 1.29 is 54.0 Å². The molecule has 0 aliphatic rings. The van der Waals surface area contributed by atoms with Gasteiger partial charge in [0.15, 0.2) is 0 Å². The van der Waals surface area contributed by atoms with Crippen molar-refractivity contribution in [1.29, 1.82) is 0 Å². The van der Waals surface area contributed by atoms with Gasteiger partial charge in [0, 0.05) is 6.42 Å². The normalized spacial score (nSPS) is 16.8. The van der Waals surface area contributed by atoms with Crippen molar-refractivity contribution in [3.8, 4) is 0 Å². The summed E-state index contributed by atoms with van der Waals surface area (Å²) in [6, 6.07) is 0. The number of carbonyl (C=O) groups is 1. The lowest BCUT2D eigenvalue weighted by Gasteiger charge is -2.34. The van der Waals surface area contributed by atoms with Crippen molar-refractivity contribution in [2.45, 2.75) is 44.3 Å². The molecule has 2 N–H and O–H groups in total. The van der Waals surface area contributed by atoms with Crippen LogP contribution in [0.15, 0.2) is 0 Å². The lowest BCUT2D eigenvalue weighted by Crippen LogP contribution is -2.58. The van der Waals surface area contributed by atoms with Gasteiger partial charge in [-0.2, -0.15) is 34.8 Å². The predicted octanol–water partition coefficient (Wildman–Crippen LogP) is 1.69. The van der Waals surface area contributed by atoms with Gasteiger partial charge in [-0.05, 0) is 6.92 Å². The summed E-state index contributed by atoms with van der Waals surface area (Å²) in [6.07, 6.45) is -16.2. The van der Waals surface area contributed by atoms with Crippen LogP contribution in [-0.4, -0.2) is 53.9 Å². The van der Waals surface area contributed by atoms with Gasteiger partial charge in [0.2, 0.25) is 0 Å². The van der Waals surface area contributed by atoms with Crippen LogP contribution in [0.5, 0.6) is 0 Å². The monoisotopic (exact) mass is 376 g/mol. The second-order valence-corrected chi connectivity index (χ2v) is 6.45. The van der Waals surface area contributed by atoms with Gasteiger partial charge in [-0.25, -0.2) is 0 Å². The molecule has 0 saturated carbocycles. The summed E-state index contributed by atoms with van der Waals surface area (Å²) >= 11 is 0. The summed E-state index contributed by atoms with van der Waals surface area (Å²) in [4.78, 5) is 11.4. The van der Waals surface area contributed by atoms with Crippen LogP contribution in [0.25, 0.3) is 0 Å². The number of aliphatic hydroxyl groups is 1. The van der Waals surface area contributed by atoms with E-state index in [1.165, 1.54) is 0 Å². The molecule has 0 spiro atoms. The molecule has 6 nitrogen and oxygen atoms in total. The summed E-state index contributed by atoms with van der Waals surface area (Å²) < 4.78 is 109. The van der Waals surface area contributed by atoms with Crippen molar-refractivity contribution in [2.24, 2.45) is 5.92 Å². The third kappa shape index (κ3) is 6.14. The molecule has 0 amide bonds. The van der Waals surface area contributed by atoms with Crippen LogP contribution < -0.4 is 0 Å². The fraction of sp³-hybridized carbons (Fsp3) is 0.900. The Balaban J connectivity index is 5.05. The number of rotatable bonds is 6. The van der Waals surface area contributed by atoms with Crippen molar-refractivity contribution in [1.82, 2.24) is 0 Å². The van der Waals surface area contributed by atoms with Crippen LogP contribution in [-0.2, 0) is 19.6 Å². The molecule has 2 unspecified atom stereocenters. The highest BCUT2D eigenvalue weighted by Crippen LogP contribution is 2.46. The highest BCUT2D eigenvalue weighted by atomic mass is 32.2. The highest BCUT2D eigenvalue weighted by Gasteiger charge is 2.70. The van der Waals surface area contributed by atoms with Gasteiger partial charge in [-0.1, -0.05) is 6.92 Å². The van der Waals surface area contributed by atoms with E-state index >= 15 is 0 Å². The van der Waals surface area contributed by atoms with Gasteiger partial charge in [-0.15, -0.1) is 0 Å². The van der Waals surface area contributed by atoms with Crippen LogP contribution in [0.1, 0.15) is 20.3 Å². The summed E-state index contributed by atoms with van der Waals surface area (Å²) in [7, 11) is -4.60. The van der Waals surface area contributed by atoms with E-state index in [-0.39, 0.29) is 0 Å². The third-order valence-electron chi connectivity index (χ3n) is 2.70. The van der Waals surface area contributed by atoms with E-state index in [9.17, 15) is 39.6 Å². The summed E-state index contributed by atoms with van der Waals surface area (Å²) in [6.45, 7) is 1.60. The Morgan fingerprint density at radius 3 is 1.78 bits per heavy atom. The second kappa shape index (κ2) is 6.81. The molecule has 0 radical (unpaired) electrons. The van der Waals surface area contributed by atoms with E-state index in [1.54, 1.807) is 0 Å². The maximum atomic E-state index is 12.5. The first-order chi connectivity index (χ1) is 9.91. The standard InChI is InChI=1S/C10H14F6O6S/c1-5(4-23(19,20)21)7(17)22-6(2)3-8(18,9(11,12)13)10(14,15)16/h5-6,18H,3-4H2,1-2H3,(H,19,20,21). The molecule has 138 valence electrons. The van der Waals surface area contributed by atoms with Crippen molar-refractivity contribution in [3.05, 3.63) is 0 Å². The Labute approximate surface area is 127 Å². The molecule has 13 heteroatoms. The molecule has 0 aromatic carbocycles. The van der Waals surface area contributed by atoms with Crippen LogP contribution in [0, 0.1) is 5.92 Å². The summed E-state index contributed by atoms with van der Waals surface area (Å²) in [5.74, 6) is -4.10. The molecule has 0 rings (SSSR count). The van der Waals surface area contributed by atoms with E-state index in [0.717, 1.165) is 6.92 Å². The Kier molecular flexibility index (Phi) is 6.49. The van der Waals surface area contributed by atoms with Crippen LogP contribution >= 0.6 is 0 Å². The Morgan fingerprint density at radius 2 is 1.48 bits per heavy atom. The zero-order valence-corrected chi connectivity index (χ0v) is 12.6. The van der Waals surface area contributed by atoms with E-state index in [2.05, 4.69) is 4.74 Å². The topological polar surface area (TPSA) is 101 Å². The largest absolute Gasteiger partial charge is 0.462 e. The molecule has 0 aromatic heterocycles. The summed E-state index contributed by atoms with van der Waals surface area (Å²) in [5.41, 5.74) is -5.09. The zero-order valence-electron chi connectivity index (χ0n) is 11.8. The number of halogens is 6. The van der Waals surface area contributed by atoms with Gasteiger partial charge in [-0.3, -0.25) is 9.35 Å². The van der Waals surface area contributed by atoms with Crippen LogP contribution in [0.3, 0.4) is 0 Å². The fourth-order valence-electron chi connectivity index (χ4n) is 1.55. The van der Waals surface area contributed by atoms with Gasteiger partial charge in [0.25, 0.3) is 15.7 Å². The third-order valence-corrected chi connectivity index (χ3v) is 3.62. The van der Waals surface area contributed by atoms with E-state index in [1.807, 2.05) is 0 Å². The number of hydrogen-bond acceptors (Lipinski definition) is 5. The first-order valence-electron chi connectivity index (χ1n) is 5.92. The molecule has 0 bridgehead atoms. The lowest BCUT2D eigenvalue weighted by molar-refractivity contribution is -0.373. The minimum absolute atomic E-state index is 0.667. The van der Waals surface area contributed by atoms with Crippen LogP contribution in [0.4, 0.5) is 26.3 Å². The van der Waals surface area contributed by atoms with Crippen molar-refractivity contribution in [2.75, 3.05) is 5.75 Å². The number of ether oxygens (including phenoxy) is 1. The minimum atomic E-state index is -6.06. The first-order valence-corrected chi connectivity index (χ1v) is 7.53. The second-order valence-electron chi connectivity index (χ2n) is 4.96. The van der Waals surface area contributed by atoms with Crippen molar-refractivity contribution in [3.63, 3.8) is 0 Å². The Bertz CT molecular complexity index is 511. The van der Waals surface area contributed by atoms with Gasteiger partial charge < -0.3 is 9.84 Å². The molecule has 0 fully saturated rings. The lowest BCUT2D eigenvalue weighted by atomic mass is 9.95. The fourth-order valence-corrected chi connectivity index (χ4v) is 2.32. The smallest absolute Gasteiger partial charge is 0.426 e. The SMILES string of the molecule is CC(CC(O)(C(F)(F)F)C(F)(F)F)OC(=O)C(C)CS(=O)(=O)O. The molecule has 0 aliphatic carbocycles. The van der Waals surface area contributed by atoms with E-state index in [4.69, 9.17) is 9.66 Å². The van der Waals surface area contributed by atoms with Gasteiger partial charge >= 0.3 is 18.3 Å². The van der Waals surface area contributed by atoms with E-state index < -0.39 is 58.2 Å². The average molecular weight is 376 g/mol. The molecular weight excluding hydrogens is 362 g/mol. The molecule has 2 atom stereocenters. The molecular formula is C10H14F6O6S. The van der Waals surface area contributed by atoms with Gasteiger partial charge in [0.05, 0.1) is 11.7 Å². The van der Waals surface area contributed by atoms with E-state index in [0.29, 0.717) is 6.92 Å². The predicted molar refractivity (Wildman–Crippen MR) is 62.8 cm³/mol. The number of carbonyl (C=O) groups excluding carboxylic acids is 1. The highest BCUT2D eigenvalue weighted by molar-refractivity contribution is 7.85. The molecule has 0 heterocycles. The molecule has 23 heavy (non-hydrogen) atoms. The molecule has 0 aliphatic heterocycles. The maximum absolute atomic E-state index is 12.5. The quantitative estimate of drug-likeness (QED) is 0.416. The van der Waals surface area contributed by atoms with Crippen LogP contribution in [0.2, 0.25) is 0 Å². The van der Waals surface area contributed by atoms with Gasteiger partial charge in [0.1, 0.15) is 6.10 Å². The minimum Gasteiger partial charge on any atom is -0.462 e. The first kappa shape index (κ1) is 21.9. The molecule has 0 aromatic rings. The zero-order chi connectivity index (χ0) is 18.9. The molecule has 0 saturated heterocycles.